The van der Waals surface area contributed by atoms with Gasteiger partial charge in [-0.25, -0.2) is 8.78 Å². The summed E-state index contributed by atoms with van der Waals surface area (Å²) in [6.07, 6.45) is 0. The first kappa shape index (κ1) is 13.6. The first-order valence-corrected chi connectivity index (χ1v) is 5.39. The Morgan fingerprint density at radius 3 is 2.53 bits per heavy atom. The molecule has 0 aliphatic carbocycles. The fourth-order valence-corrected chi connectivity index (χ4v) is 1.26. The number of rotatable bonds is 4. The van der Waals surface area contributed by atoms with Crippen molar-refractivity contribution >= 4 is 5.91 Å². The minimum Gasteiger partial charge on any atom is -0.351 e. The number of hydrogen-bond acceptors (Lipinski definition) is 2. The Morgan fingerprint density at radius 1 is 1.35 bits per heavy atom. The van der Waals surface area contributed by atoms with Crippen LogP contribution < -0.4 is 11.1 Å². The standard InChI is InChI=1S/C12H16F2N2O/c1-7(2)11(15)12(17)16-6-8-3-4-9(13)10(14)5-8/h3-5,7,11H,6,15H2,1-2H3,(H,16,17). The number of carbonyl (C=O) groups is 1. The van der Waals surface area contributed by atoms with Gasteiger partial charge in [0.1, 0.15) is 0 Å². The molecule has 1 unspecified atom stereocenters. The van der Waals surface area contributed by atoms with E-state index in [2.05, 4.69) is 5.32 Å². The number of halogens is 2. The Kier molecular flexibility index (Phi) is 4.57. The van der Waals surface area contributed by atoms with Crippen molar-refractivity contribution in [1.82, 2.24) is 5.32 Å². The monoisotopic (exact) mass is 242 g/mol. The lowest BCUT2D eigenvalue weighted by Crippen LogP contribution is -2.43. The number of hydrogen-bond donors (Lipinski definition) is 2. The van der Waals surface area contributed by atoms with Crippen molar-refractivity contribution in [3.05, 3.63) is 35.4 Å². The molecule has 1 amide bonds. The highest BCUT2D eigenvalue weighted by Gasteiger charge is 2.16. The molecule has 0 spiro atoms. The lowest BCUT2D eigenvalue weighted by Gasteiger charge is -2.15. The van der Waals surface area contributed by atoms with Gasteiger partial charge in [0.25, 0.3) is 0 Å². The highest BCUT2D eigenvalue weighted by atomic mass is 19.2. The van der Waals surface area contributed by atoms with Crippen LogP contribution in [0.25, 0.3) is 0 Å². The quantitative estimate of drug-likeness (QED) is 0.842. The molecule has 0 aromatic heterocycles. The lowest BCUT2D eigenvalue weighted by molar-refractivity contribution is -0.123. The van der Waals surface area contributed by atoms with Crippen LogP contribution in [0.15, 0.2) is 18.2 Å². The van der Waals surface area contributed by atoms with Gasteiger partial charge in [-0.15, -0.1) is 0 Å². The zero-order valence-corrected chi connectivity index (χ0v) is 9.84. The van der Waals surface area contributed by atoms with Crippen molar-refractivity contribution in [1.29, 1.82) is 0 Å². The van der Waals surface area contributed by atoms with E-state index in [9.17, 15) is 13.6 Å². The maximum atomic E-state index is 12.9. The minimum absolute atomic E-state index is 0.0277. The van der Waals surface area contributed by atoms with Crippen LogP contribution in [0.1, 0.15) is 19.4 Å². The maximum absolute atomic E-state index is 12.9. The lowest BCUT2D eigenvalue weighted by atomic mass is 10.0. The van der Waals surface area contributed by atoms with Crippen LogP contribution in [0.3, 0.4) is 0 Å². The highest BCUT2D eigenvalue weighted by molar-refractivity contribution is 5.81. The van der Waals surface area contributed by atoms with E-state index in [0.29, 0.717) is 5.56 Å². The number of nitrogens with two attached hydrogens (primary N) is 1. The molecule has 0 radical (unpaired) electrons. The third-order valence-corrected chi connectivity index (χ3v) is 2.47. The molecule has 0 bridgehead atoms. The van der Waals surface area contributed by atoms with E-state index in [-0.39, 0.29) is 18.4 Å². The summed E-state index contributed by atoms with van der Waals surface area (Å²) in [5.74, 6) is -2.10. The summed E-state index contributed by atoms with van der Waals surface area (Å²) in [5, 5.41) is 2.57. The zero-order valence-electron chi connectivity index (χ0n) is 9.84. The predicted molar refractivity (Wildman–Crippen MR) is 61.0 cm³/mol. The summed E-state index contributed by atoms with van der Waals surface area (Å²) in [4.78, 5) is 11.5. The van der Waals surface area contributed by atoms with Gasteiger partial charge in [0.15, 0.2) is 11.6 Å². The fourth-order valence-electron chi connectivity index (χ4n) is 1.26. The Balaban J connectivity index is 2.56. The molecule has 1 atom stereocenters. The van der Waals surface area contributed by atoms with Crippen molar-refractivity contribution < 1.29 is 13.6 Å². The molecule has 0 saturated carbocycles. The fraction of sp³-hybridized carbons (Fsp3) is 0.417. The summed E-state index contributed by atoms with van der Waals surface area (Å²) in [5.41, 5.74) is 6.13. The van der Waals surface area contributed by atoms with Gasteiger partial charge in [-0.05, 0) is 23.6 Å². The molecule has 17 heavy (non-hydrogen) atoms. The molecule has 0 aliphatic heterocycles. The Labute approximate surface area is 99.0 Å². The topological polar surface area (TPSA) is 55.1 Å². The molecule has 1 aromatic rings. The Morgan fingerprint density at radius 2 is 2.00 bits per heavy atom. The molecule has 5 heteroatoms. The van der Waals surface area contributed by atoms with E-state index in [4.69, 9.17) is 5.73 Å². The molecule has 3 nitrogen and oxygen atoms in total. The van der Waals surface area contributed by atoms with Crippen LogP contribution in [0.4, 0.5) is 8.78 Å². The number of carbonyl (C=O) groups excluding carboxylic acids is 1. The molecule has 0 saturated heterocycles. The summed E-state index contributed by atoms with van der Waals surface area (Å²) in [6.45, 7) is 3.81. The molecule has 0 heterocycles. The van der Waals surface area contributed by atoms with E-state index in [1.54, 1.807) is 0 Å². The molecule has 1 rings (SSSR count). The van der Waals surface area contributed by atoms with Gasteiger partial charge in [-0.3, -0.25) is 4.79 Å². The van der Waals surface area contributed by atoms with Crippen LogP contribution in [0, 0.1) is 17.6 Å². The Hall–Kier alpha value is -1.49. The molecule has 0 fully saturated rings. The summed E-state index contributed by atoms with van der Waals surface area (Å²) < 4.78 is 25.5. The number of amides is 1. The van der Waals surface area contributed by atoms with E-state index in [0.717, 1.165) is 12.1 Å². The normalized spacial score (nSPS) is 12.6. The largest absolute Gasteiger partial charge is 0.351 e. The SMILES string of the molecule is CC(C)C(N)C(=O)NCc1ccc(F)c(F)c1. The van der Waals surface area contributed by atoms with Crippen LogP contribution in [-0.4, -0.2) is 11.9 Å². The van der Waals surface area contributed by atoms with Crippen molar-refractivity contribution in [3.63, 3.8) is 0 Å². The zero-order chi connectivity index (χ0) is 13.0. The summed E-state index contributed by atoms with van der Waals surface area (Å²) in [7, 11) is 0. The third kappa shape index (κ3) is 3.78. The molecule has 3 N–H and O–H groups in total. The van der Waals surface area contributed by atoms with Gasteiger partial charge < -0.3 is 11.1 Å². The first-order chi connectivity index (χ1) is 7.91. The summed E-state index contributed by atoms with van der Waals surface area (Å²) in [6, 6.07) is 2.90. The second-order valence-electron chi connectivity index (χ2n) is 4.24. The molecular weight excluding hydrogens is 226 g/mol. The summed E-state index contributed by atoms with van der Waals surface area (Å²) >= 11 is 0. The van der Waals surface area contributed by atoms with Crippen LogP contribution in [0.5, 0.6) is 0 Å². The van der Waals surface area contributed by atoms with Crippen molar-refractivity contribution in [2.45, 2.75) is 26.4 Å². The van der Waals surface area contributed by atoms with E-state index >= 15 is 0 Å². The van der Waals surface area contributed by atoms with Crippen molar-refractivity contribution in [2.24, 2.45) is 11.7 Å². The van der Waals surface area contributed by atoms with Crippen molar-refractivity contribution in [2.75, 3.05) is 0 Å². The third-order valence-electron chi connectivity index (χ3n) is 2.47. The predicted octanol–water partition coefficient (Wildman–Crippen LogP) is 1.56. The Bertz CT molecular complexity index is 407. The number of nitrogens with one attached hydrogen (secondary N) is 1. The van der Waals surface area contributed by atoms with E-state index in [1.165, 1.54) is 6.07 Å². The smallest absolute Gasteiger partial charge is 0.237 e. The first-order valence-electron chi connectivity index (χ1n) is 5.39. The highest BCUT2D eigenvalue weighted by Crippen LogP contribution is 2.08. The van der Waals surface area contributed by atoms with Crippen LogP contribution >= 0.6 is 0 Å². The van der Waals surface area contributed by atoms with Gasteiger partial charge in [0, 0.05) is 6.54 Å². The van der Waals surface area contributed by atoms with Gasteiger partial charge in [-0.2, -0.15) is 0 Å². The average molecular weight is 242 g/mol. The van der Waals surface area contributed by atoms with Gasteiger partial charge in [0.05, 0.1) is 6.04 Å². The number of benzene rings is 1. The molecule has 1 aromatic carbocycles. The van der Waals surface area contributed by atoms with E-state index < -0.39 is 17.7 Å². The minimum atomic E-state index is -0.926. The van der Waals surface area contributed by atoms with E-state index in [1.807, 2.05) is 13.8 Å². The molecule has 94 valence electrons. The second kappa shape index (κ2) is 5.72. The van der Waals surface area contributed by atoms with Gasteiger partial charge >= 0.3 is 0 Å². The van der Waals surface area contributed by atoms with Gasteiger partial charge in [-0.1, -0.05) is 19.9 Å². The van der Waals surface area contributed by atoms with Gasteiger partial charge in [0.2, 0.25) is 5.91 Å². The van der Waals surface area contributed by atoms with Crippen LogP contribution in [0.2, 0.25) is 0 Å². The molecule has 0 aliphatic rings. The van der Waals surface area contributed by atoms with Crippen LogP contribution in [-0.2, 0) is 11.3 Å². The molecular formula is C12H16F2N2O. The average Bonchev–Trinajstić information content (AvgIpc) is 2.29. The maximum Gasteiger partial charge on any atom is 0.237 e. The second-order valence-corrected chi connectivity index (χ2v) is 4.24. The van der Waals surface area contributed by atoms with Crippen molar-refractivity contribution in [3.8, 4) is 0 Å².